The summed E-state index contributed by atoms with van der Waals surface area (Å²) in [6, 6.07) is 0. The Morgan fingerprint density at radius 3 is 3.05 bits per heavy atom. The van der Waals surface area contributed by atoms with Gasteiger partial charge in [0, 0.05) is 12.0 Å². The molecule has 0 bridgehead atoms. The van der Waals surface area contributed by atoms with E-state index < -0.39 is 11.9 Å². The van der Waals surface area contributed by atoms with Crippen LogP contribution in [0.2, 0.25) is 0 Å². The summed E-state index contributed by atoms with van der Waals surface area (Å²) in [5, 5.41) is 0. The van der Waals surface area contributed by atoms with E-state index in [-0.39, 0.29) is 24.2 Å². The van der Waals surface area contributed by atoms with Gasteiger partial charge in [-0.2, -0.15) is 0 Å². The molecule has 0 fully saturated rings. The molecule has 0 N–H and O–H groups in total. The third-order valence-electron chi connectivity index (χ3n) is 2.77. The fraction of sp³-hybridized carbons (Fsp3) is 0.429. The second-order valence-corrected chi connectivity index (χ2v) is 4.30. The van der Waals surface area contributed by atoms with Crippen molar-refractivity contribution in [2.24, 2.45) is 0 Å². The summed E-state index contributed by atoms with van der Waals surface area (Å²) in [6.45, 7) is 3.86. The molecule has 102 valence electrons. The van der Waals surface area contributed by atoms with Crippen LogP contribution in [0.3, 0.4) is 0 Å². The first kappa shape index (κ1) is 13.4. The zero-order valence-corrected chi connectivity index (χ0v) is 11.0. The number of rotatable bonds is 2. The molecular weight excluding hydrogens is 248 g/mol. The van der Waals surface area contributed by atoms with Crippen LogP contribution in [-0.4, -0.2) is 24.6 Å². The van der Waals surface area contributed by atoms with Crippen molar-refractivity contribution in [2.45, 2.75) is 32.8 Å². The van der Waals surface area contributed by atoms with Gasteiger partial charge in [0.15, 0.2) is 0 Å². The zero-order valence-electron chi connectivity index (χ0n) is 11.0. The Morgan fingerprint density at radius 2 is 2.32 bits per heavy atom. The van der Waals surface area contributed by atoms with Gasteiger partial charge in [-0.1, -0.05) is 12.2 Å². The first-order valence-electron chi connectivity index (χ1n) is 6.27. The summed E-state index contributed by atoms with van der Waals surface area (Å²) >= 11 is 0. The molecule has 1 unspecified atom stereocenters. The van der Waals surface area contributed by atoms with Crippen LogP contribution >= 0.6 is 0 Å². The predicted molar refractivity (Wildman–Crippen MR) is 66.8 cm³/mol. The Labute approximate surface area is 111 Å². The summed E-state index contributed by atoms with van der Waals surface area (Å²) in [5.74, 6) is -0.657. The lowest BCUT2D eigenvalue weighted by Crippen LogP contribution is -2.12. The van der Waals surface area contributed by atoms with Gasteiger partial charge in [-0.15, -0.1) is 0 Å². The highest BCUT2D eigenvalue weighted by Gasteiger charge is 2.33. The minimum Gasteiger partial charge on any atom is -0.483 e. The van der Waals surface area contributed by atoms with Gasteiger partial charge >= 0.3 is 11.9 Å². The largest absolute Gasteiger partial charge is 0.483 e. The van der Waals surface area contributed by atoms with Gasteiger partial charge in [0.1, 0.15) is 5.76 Å². The molecule has 5 heteroatoms. The van der Waals surface area contributed by atoms with E-state index >= 15 is 0 Å². The third-order valence-corrected chi connectivity index (χ3v) is 2.77. The van der Waals surface area contributed by atoms with Gasteiger partial charge < -0.3 is 14.2 Å². The molecule has 19 heavy (non-hydrogen) atoms. The molecule has 0 amide bonds. The SMILES string of the molecule is CCOC(=O)/C=C1\OC(=O)C2=C1C/C=C\CC(C)O2. The van der Waals surface area contributed by atoms with Crippen LogP contribution in [0.25, 0.3) is 0 Å². The number of cyclic esters (lactones) is 1. The highest BCUT2D eigenvalue weighted by atomic mass is 16.6. The van der Waals surface area contributed by atoms with E-state index in [2.05, 4.69) is 0 Å². The lowest BCUT2D eigenvalue weighted by molar-refractivity contribution is -0.138. The topological polar surface area (TPSA) is 61.8 Å². The van der Waals surface area contributed by atoms with Crippen molar-refractivity contribution in [3.05, 3.63) is 35.3 Å². The van der Waals surface area contributed by atoms with Crippen molar-refractivity contribution >= 4 is 11.9 Å². The molecule has 2 aliphatic rings. The number of hydrogen-bond donors (Lipinski definition) is 0. The van der Waals surface area contributed by atoms with Crippen LogP contribution in [-0.2, 0) is 23.8 Å². The van der Waals surface area contributed by atoms with Gasteiger partial charge in [0.25, 0.3) is 0 Å². The van der Waals surface area contributed by atoms with Gasteiger partial charge in [-0.25, -0.2) is 9.59 Å². The summed E-state index contributed by atoms with van der Waals surface area (Å²) in [7, 11) is 0. The minimum absolute atomic E-state index is 0.101. The molecule has 2 aliphatic heterocycles. The van der Waals surface area contributed by atoms with E-state index in [1.807, 2.05) is 19.1 Å². The normalized spacial score (nSPS) is 26.1. The Morgan fingerprint density at radius 1 is 1.53 bits per heavy atom. The van der Waals surface area contributed by atoms with Crippen LogP contribution in [0.15, 0.2) is 35.3 Å². The second-order valence-electron chi connectivity index (χ2n) is 4.30. The molecule has 0 saturated carbocycles. The number of carbonyl (C=O) groups excluding carboxylic acids is 2. The molecule has 0 aromatic carbocycles. The Balaban J connectivity index is 2.29. The lowest BCUT2D eigenvalue weighted by atomic mass is 10.1. The molecule has 1 atom stereocenters. The predicted octanol–water partition coefficient (Wildman–Crippen LogP) is 2.00. The van der Waals surface area contributed by atoms with Crippen LogP contribution in [0, 0.1) is 0 Å². The molecular formula is C14H16O5. The quantitative estimate of drug-likeness (QED) is 0.433. The van der Waals surface area contributed by atoms with Crippen LogP contribution in [0.5, 0.6) is 0 Å². The monoisotopic (exact) mass is 264 g/mol. The molecule has 0 saturated heterocycles. The average molecular weight is 264 g/mol. The van der Waals surface area contributed by atoms with E-state index in [0.29, 0.717) is 12.0 Å². The Bertz CT molecular complexity index is 484. The molecule has 2 heterocycles. The van der Waals surface area contributed by atoms with Crippen molar-refractivity contribution in [3.63, 3.8) is 0 Å². The van der Waals surface area contributed by atoms with Gasteiger partial charge in [-0.3, -0.25) is 0 Å². The average Bonchev–Trinajstić information content (AvgIpc) is 2.58. The van der Waals surface area contributed by atoms with Gasteiger partial charge in [-0.05, 0) is 20.3 Å². The highest BCUT2D eigenvalue weighted by Crippen LogP contribution is 2.32. The van der Waals surface area contributed by atoms with Crippen LogP contribution in [0.1, 0.15) is 26.7 Å². The van der Waals surface area contributed by atoms with Crippen LogP contribution in [0.4, 0.5) is 0 Å². The zero-order chi connectivity index (χ0) is 13.8. The standard InChI is InChI=1S/C14H16O5/c1-3-17-12(15)8-11-10-7-5-4-6-9(2)18-13(10)14(16)19-11/h4-5,8-9H,3,6-7H2,1-2H3/b5-4-,11-8-. The van der Waals surface area contributed by atoms with Crippen molar-refractivity contribution < 1.29 is 23.8 Å². The summed E-state index contributed by atoms with van der Waals surface area (Å²) in [4.78, 5) is 23.2. The molecule has 0 spiro atoms. The summed E-state index contributed by atoms with van der Waals surface area (Å²) in [6.07, 6.45) is 6.25. The summed E-state index contributed by atoms with van der Waals surface area (Å²) < 4.78 is 15.4. The number of hydrogen-bond acceptors (Lipinski definition) is 5. The Kier molecular flexibility index (Phi) is 4.04. The number of ether oxygens (including phenoxy) is 3. The maximum atomic E-state index is 11.7. The van der Waals surface area contributed by atoms with E-state index in [1.54, 1.807) is 6.92 Å². The first-order chi connectivity index (χ1) is 9.11. The van der Waals surface area contributed by atoms with E-state index in [9.17, 15) is 9.59 Å². The maximum absolute atomic E-state index is 11.7. The molecule has 0 aromatic rings. The third kappa shape index (κ3) is 3.05. The highest BCUT2D eigenvalue weighted by molar-refractivity contribution is 5.94. The number of allylic oxidation sites excluding steroid dienone is 2. The van der Waals surface area contributed by atoms with Crippen molar-refractivity contribution in [3.8, 4) is 0 Å². The van der Waals surface area contributed by atoms with Crippen molar-refractivity contribution in [1.82, 2.24) is 0 Å². The fourth-order valence-corrected chi connectivity index (χ4v) is 1.90. The molecule has 0 aliphatic carbocycles. The first-order valence-corrected chi connectivity index (χ1v) is 6.27. The summed E-state index contributed by atoms with van der Waals surface area (Å²) in [5.41, 5.74) is 0.598. The molecule has 5 nitrogen and oxygen atoms in total. The Hall–Kier alpha value is -2.04. The van der Waals surface area contributed by atoms with Crippen molar-refractivity contribution in [1.29, 1.82) is 0 Å². The number of carbonyl (C=O) groups is 2. The van der Waals surface area contributed by atoms with E-state index in [0.717, 1.165) is 6.42 Å². The smallest absolute Gasteiger partial charge is 0.379 e. The molecule has 2 rings (SSSR count). The van der Waals surface area contributed by atoms with Crippen LogP contribution < -0.4 is 0 Å². The van der Waals surface area contributed by atoms with E-state index in [4.69, 9.17) is 14.2 Å². The minimum atomic E-state index is -0.548. The van der Waals surface area contributed by atoms with E-state index in [1.165, 1.54) is 6.08 Å². The number of esters is 2. The van der Waals surface area contributed by atoms with Gasteiger partial charge in [0.2, 0.25) is 5.76 Å². The van der Waals surface area contributed by atoms with Gasteiger partial charge in [0.05, 0.1) is 18.8 Å². The molecule has 0 radical (unpaired) electrons. The molecule has 0 aromatic heterocycles. The second kappa shape index (κ2) is 5.73. The fourth-order valence-electron chi connectivity index (χ4n) is 1.90. The maximum Gasteiger partial charge on any atom is 0.379 e. The lowest BCUT2D eigenvalue weighted by Gasteiger charge is -2.14. The van der Waals surface area contributed by atoms with Crippen molar-refractivity contribution in [2.75, 3.05) is 6.61 Å².